The summed E-state index contributed by atoms with van der Waals surface area (Å²) in [6.45, 7) is 8.96. The average Bonchev–Trinajstić information content (AvgIpc) is 2.58. The summed E-state index contributed by atoms with van der Waals surface area (Å²) in [7, 11) is -0.898. The van der Waals surface area contributed by atoms with Crippen molar-refractivity contribution in [2.24, 2.45) is 0 Å². The van der Waals surface area contributed by atoms with Gasteiger partial charge in [0.1, 0.15) is 17.2 Å². The molecule has 1 saturated heterocycles. The number of halogens is 2. The molecule has 1 aromatic carbocycles. The van der Waals surface area contributed by atoms with E-state index in [9.17, 15) is 13.6 Å². The predicted molar refractivity (Wildman–Crippen MR) is 78.0 cm³/mol. The zero-order chi connectivity index (χ0) is 16.7. The molecule has 0 unspecified atom stereocenters. The lowest BCUT2D eigenvalue weighted by Crippen LogP contribution is -2.41. The van der Waals surface area contributed by atoms with Gasteiger partial charge in [-0.3, -0.25) is 0 Å². The minimum atomic E-state index is -1.03. The molecule has 0 atom stereocenters. The second-order valence-electron chi connectivity index (χ2n) is 6.17. The highest BCUT2D eigenvalue weighted by molar-refractivity contribution is 6.62. The van der Waals surface area contributed by atoms with Crippen molar-refractivity contribution in [3.8, 4) is 0 Å². The third-order valence-electron chi connectivity index (χ3n) is 4.07. The van der Waals surface area contributed by atoms with Crippen LogP contribution in [-0.2, 0) is 14.0 Å². The zero-order valence-corrected chi connectivity index (χ0v) is 13.3. The summed E-state index contributed by atoms with van der Waals surface area (Å²) >= 11 is 0. The van der Waals surface area contributed by atoms with Gasteiger partial charge in [-0.1, -0.05) is 0 Å². The van der Waals surface area contributed by atoms with Crippen LogP contribution in [0.3, 0.4) is 0 Å². The summed E-state index contributed by atoms with van der Waals surface area (Å²) in [5.41, 5.74) is -1.77. The smallest absolute Gasteiger partial charge is 0.462 e. The van der Waals surface area contributed by atoms with Gasteiger partial charge in [-0.05, 0) is 52.2 Å². The largest absolute Gasteiger partial charge is 0.495 e. The van der Waals surface area contributed by atoms with Gasteiger partial charge in [-0.2, -0.15) is 0 Å². The fourth-order valence-corrected chi connectivity index (χ4v) is 2.11. The summed E-state index contributed by atoms with van der Waals surface area (Å²) in [5, 5.41) is 0. The van der Waals surface area contributed by atoms with E-state index < -0.39 is 41.5 Å². The standard InChI is InChI=1S/C15H19BF2O4/c1-6-20-13(19)12-10(17)7-9(8-11(12)18)16-21-14(2,3)15(4,5)22-16/h7-8H,6H2,1-5H3. The third kappa shape index (κ3) is 2.87. The Bertz CT molecular complexity index is 562. The van der Waals surface area contributed by atoms with Crippen molar-refractivity contribution in [1.29, 1.82) is 0 Å². The number of hydrogen-bond donors (Lipinski definition) is 0. The maximum absolute atomic E-state index is 14.1. The summed E-state index contributed by atoms with van der Waals surface area (Å²) in [6, 6.07) is 2.08. The minimum Gasteiger partial charge on any atom is -0.462 e. The molecule has 0 amide bonds. The Morgan fingerprint density at radius 3 is 2.00 bits per heavy atom. The normalized spacial score (nSPS) is 19.3. The fraction of sp³-hybridized carbons (Fsp3) is 0.533. The Kier molecular flexibility index (Phi) is 4.32. The number of carbonyl (C=O) groups is 1. The van der Waals surface area contributed by atoms with Crippen LogP contribution in [0.25, 0.3) is 0 Å². The monoisotopic (exact) mass is 312 g/mol. The molecule has 22 heavy (non-hydrogen) atoms. The van der Waals surface area contributed by atoms with Crippen LogP contribution < -0.4 is 5.46 Å². The summed E-state index contributed by atoms with van der Waals surface area (Å²) < 4.78 is 44.3. The first-order valence-corrected chi connectivity index (χ1v) is 7.11. The Morgan fingerprint density at radius 1 is 1.14 bits per heavy atom. The molecule has 0 saturated carbocycles. The number of rotatable bonds is 3. The molecule has 7 heteroatoms. The van der Waals surface area contributed by atoms with Gasteiger partial charge in [0, 0.05) is 0 Å². The summed E-state index contributed by atoms with van der Waals surface area (Å²) in [4.78, 5) is 11.6. The molecule has 2 rings (SSSR count). The van der Waals surface area contributed by atoms with Crippen LogP contribution in [0.2, 0.25) is 0 Å². The van der Waals surface area contributed by atoms with Crippen LogP contribution in [0.4, 0.5) is 8.78 Å². The van der Waals surface area contributed by atoms with Gasteiger partial charge in [-0.25, -0.2) is 13.6 Å². The van der Waals surface area contributed by atoms with Crippen molar-refractivity contribution in [1.82, 2.24) is 0 Å². The summed E-state index contributed by atoms with van der Waals surface area (Å²) in [6.07, 6.45) is 0. The molecule has 0 aromatic heterocycles. The van der Waals surface area contributed by atoms with Crippen LogP contribution in [0, 0.1) is 11.6 Å². The SMILES string of the molecule is CCOC(=O)c1c(F)cc(B2OC(C)(C)C(C)(C)O2)cc1F. The molecule has 1 aliphatic rings. The molecule has 0 bridgehead atoms. The first kappa shape index (κ1) is 16.9. The molecular formula is C15H19BF2O4. The first-order chi connectivity index (χ1) is 10.1. The quantitative estimate of drug-likeness (QED) is 0.635. The molecule has 0 spiro atoms. The Labute approximate surface area is 128 Å². The van der Waals surface area contributed by atoms with Crippen molar-refractivity contribution in [3.05, 3.63) is 29.3 Å². The molecule has 0 aliphatic carbocycles. The average molecular weight is 312 g/mol. The minimum absolute atomic E-state index is 0.0384. The van der Waals surface area contributed by atoms with Gasteiger partial charge in [0.2, 0.25) is 0 Å². The zero-order valence-electron chi connectivity index (χ0n) is 13.3. The molecule has 1 aliphatic heterocycles. The number of esters is 1. The number of ether oxygens (including phenoxy) is 1. The van der Waals surface area contributed by atoms with Gasteiger partial charge >= 0.3 is 13.1 Å². The topological polar surface area (TPSA) is 44.8 Å². The third-order valence-corrected chi connectivity index (χ3v) is 4.07. The highest BCUT2D eigenvalue weighted by atomic mass is 19.1. The van der Waals surface area contributed by atoms with E-state index in [-0.39, 0.29) is 12.1 Å². The number of hydrogen-bond acceptors (Lipinski definition) is 4. The van der Waals surface area contributed by atoms with Gasteiger partial charge in [0.05, 0.1) is 17.8 Å². The van der Waals surface area contributed by atoms with E-state index >= 15 is 0 Å². The Hall–Kier alpha value is -1.47. The van der Waals surface area contributed by atoms with Crippen molar-refractivity contribution >= 4 is 18.6 Å². The van der Waals surface area contributed by atoms with Crippen molar-refractivity contribution < 1.29 is 27.6 Å². The van der Waals surface area contributed by atoms with Crippen LogP contribution in [0.5, 0.6) is 0 Å². The Balaban J connectivity index is 2.34. The lowest BCUT2D eigenvalue weighted by Gasteiger charge is -2.32. The maximum Gasteiger partial charge on any atom is 0.495 e. The molecular weight excluding hydrogens is 293 g/mol. The van der Waals surface area contributed by atoms with Gasteiger partial charge in [-0.15, -0.1) is 0 Å². The van der Waals surface area contributed by atoms with E-state index in [1.807, 2.05) is 27.7 Å². The van der Waals surface area contributed by atoms with E-state index in [4.69, 9.17) is 9.31 Å². The molecule has 0 radical (unpaired) electrons. The summed E-state index contributed by atoms with van der Waals surface area (Å²) in [5.74, 6) is -3.02. The Morgan fingerprint density at radius 2 is 1.59 bits per heavy atom. The van der Waals surface area contributed by atoms with Gasteiger partial charge < -0.3 is 14.0 Å². The second kappa shape index (κ2) is 5.63. The molecule has 4 nitrogen and oxygen atoms in total. The highest BCUT2D eigenvalue weighted by Crippen LogP contribution is 2.36. The molecule has 1 aromatic rings. The van der Waals surface area contributed by atoms with Crippen molar-refractivity contribution in [2.75, 3.05) is 6.61 Å². The van der Waals surface area contributed by atoms with E-state index in [0.29, 0.717) is 0 Å². The highest BCUT2D eigenvalue weighted by Gasteiger charge is 2.52. The van der Waals surface area contributed by atoms with E-state index in [0.717, 1.165) is 12.1 Å². The van der Waals surface area contributed by atoms with Crippen molar-refractivity contribution in [2.45, 2.75) is 45.8 Å². The maximum atomic E-state index is 14.1. The first-order valence-electron chi connectivity index (χ1n) is 7.11. The van der Waals surface area contributed by atoms with Crippen LogP contribution in [-0.4, -0.2) is 30.9 Å². The lowest BCUT2D eigenvalue weighted by molar-refractivity contribution is 0.00578. The van der Waals surface area contributed by atoms with Crippen LogP contribution >= 0.6 is 0 Å². The second-order valence-corrected chi connectivity index (χ2v) is 6.17. The fourth-order valence-electron chi connectivity index (χ4n) is 2.11. The van der Waals surface area contributed by atoms with Crippen molar-refractivity contribution in [3.63, 3.8) is 0 Å². The number of carbonyl (C=O) groups excluding carboxylic acids is 1. The molecule has 1 heterocycles. The van der Waals surface area contributed by atoms with Crippen LogP contribution in [0.1, 0.15) is 45.0 Å². The van der Waals surface area contributed by atoms with Gasteiger partial charge in [0.25, 0.3) is 0 Å². The molecule has 1 fully saturated rings. The van der Waals surface area contributed by atoms with Crippen LogP contribution in [0.15, 0.2) is 12.1 Å². The van der Waals surface area contributed by atoms with E-state index in [1.165, 1.54) is 0 Å². The molecule has 120 valence electrons. The van der Waals surface area contributed by atoms with E-state index in [1.54, 1.807) is 6.92 Å². The van der Waals surface area contributed by atoms with E-state index in [2.05, 4.69) is 4.74 Å². The number of benzene rings is 1. The predicted octanol–water partition coefficient (Wildman–Crippen LogP) is 2.44. The lowest BCUT2D eigenvalue weighted by atomic mass is 9.78. The van der Waals surface area contributed by atoms with Gasteiger partial charge in [0.15, 0.2) is 0 Å². The molecule has 0 N–H and O–H groups in total.